The van der Waals surface area contributed by atoms with Crippen molar-refractivity contribution in [3.63, 3.8) is 0 Å². The summed E-state index contributed by atoms with van der Waals surface area (Å²) in [6, 6.07) is 4.87. The second-order valence-corrected chi connectivity index (χ2v) is 4.13. The second-order valence-electron chi connectivity index (χ2n) is 3.70. The molecule has 1 atom stereocenters. The molecule has 0 amide bonds. The quantitative estimate of drug-likeness (QED) is 0.670. The first-order valence-electron chi connectivity index (χ1n) is 4.47. The van der Waals surface area contributed by atoms with Crippen molar-refractivity contribution in [2.24, 2.45) is 5.92 Å². The van der Waals surface area contributed by atoms with E-state index in [0.29, 0.717) is 10.9 Å². The molecule has 0 N–H and O–H groups in total. The Kier molecular flexibility index (Phi) is 3.32. The van der Waals surface area contributed by atoms with Crippen LogP contribution >= 0.6 is 11.6 Å². The number of rotatable bonds is 2. The van der Waals surface area contributed by atoms with Crippen LogP contribution in [0.25, 0.3) is 0 Å². The molecule has 0 aliphatic heterocycles. The summed E-state index contributed by atoms with van der Waals surface area (Å²) < 4.78 is 13.4. The van der Waals surface area contributed by atoms with Crippen LogP contribution < -0.4 is 0 Å². The smallest absolute Gasteiger partial charge is 0.128 e. The molecule has 0 aliphatic carbocycles. The van der Waals surface area contributed by atoms with Crippen molar-refractivity contribution in [1.82, 2.24) is 0 Å². The first-order valence-corrected chi connectivity index (χ1v) is 4.85. The van der Waals surface area contributed by atoms with Crippen molar-refractivity contribution >= 4 is 11.6 Å². The highest BCUT2D eigenvalue weighted by atomic mass is 35.5. The van der Waals surface area contributed by atoms with E-state index in [2.05, 4.69) is 13.8 Å². The fourth-order valence-corrected chi connectivity index (χ4v) is 1.39. The Bertz CT molecular complexity index is 294. The SMILES string of the molecule is CC(C)[C@H](C)c1ccc(Cl)cc1F. The molecular weight excluding hydrogens is 187 g/mol. The van der Waals surface area contributed by atoms with Crippen LogP contribution in [0, 0.1) is 11.7 Å². The zero-order valence-electron chi connectivity index (χ0n) is 8.14. The lowest BCUT2D eigenvalue weighted by atomic mass is 9.90. The zero-order valence-corrected chi connectivity index (χ0v) is 8.90. The Morgan fingerprint density at radius 3 is 2.31 bits per heavy atom. The summed E-state index contributed by atoms with van der Waals surface area (Å²) >= 11 is 5.66. The van der Waals surface area contributed by atoms with Gasteiger partial charge in [0.05, 0.1) is 0 Å². The van der Waals surface area contributed by atoms with Crippen molar-refractivity contribution < 1.29 is 4.39 Å². The van der Waals surface area contributed by atoms with Crippen LogP contribution in [0.15, 0.2) is 18.2 Å². The Balaban J connectivity index is 3.01. The van der Waals surface area contributed by atoms with E-state index in [9.17, 15) is 4.39 Å². The van der Waals surface area contributed by atoms with Gasteiger partial charge < -0.3 is 0 Å². The van der Waals surface area contributed by atoms with E-state index >= 15 is 0 Å². The minimum Gasteiger partial charge on any atom is -0.207 e. The molecular formula is C11H14ClF. The molecule has 72 valence electrons. The van der Waals surface area contributed by atoms with E-state index in [1.807, 2.05) is 6.92 Å². The van der Waals surface area contributed by atoms with Crippen LogP contribution in [-0.4, -0.2) is 0 Å². The summed E-state index contributed by atoms with van der Waals surface area (Å²) in [5.41, 5.74) is 0.749. The van der Waals surface area contributed by atoms with Gasteiger partial charge in [-0.1, -0.05) is 38.4 Å². The molecule has 0 unspecified atom stereocenters. The normalized spacial score (nSPS) is 13.4. The molecule has 0 fully saturated rings. The molecule has 13 heavy (non-hydrogen) atoms. The van der Waals surface area contributed by atoms with E-state index < -0.39 is 0 Å². The number of hydrogen-bond acceptors (Lipinski definition) is 0. The summed E-state index contributed by atoms with van der Waals surface area (Å²) in [7, 11) is 0. The maximum Gasteiger partial charge on any atom is 0.128 e. The molecule has 1 aromatic rings. The monoisotopic (exact) mass is 200 g/mol. The summed E-state index contributed by atoms with van der Waals surface area (Å²) in [4.78, 5) is 0. The van der Waals surface area contributed by atoms with Gasteiger partial charge in [0.1, 0.15) is 5.82 Å². The van der Waals surface area contributed by atoms with Crippen molar-refractivity contribution in [2.45, 2.75) is 26.7 Å². The third-order valence-electron chi connectivity index (χ3n) is 2.45. The average Bonchev–Trinajstić information content (AvgIpc) is 2.03. The fourth-order valence-electron chi connectivity index (χ4n) is 1.23. The molecule has 0 bridgehead atoms. The number of hydrogen-bond donors (Lipinski definition) is 0. The van der Waals surface area contributed by atoms with E-state index in [1.54, 1.807) is 12.1 Å². The lowest BCUT2D eigenvalue weighted by molar-refractivity contribution is 0.501. The van der Waals surface area contributed by atoms with Crippen molar-refractivity contribution in [3.05, 3.63) is 34.6 Å². The van der Waals surface area contributed by atoms with Gasteiger partial charge in [0.2, 0.25) is 0 Å². The van der Waals surface area contributed by atoms with Gasteiger partial charge in [0, 0.05) is 5.02 Å². The Morgan fingerprint density at radius 2 is 1.85 bits per heavy atom. The molecule has 0 radical (unpaired) electrons. The van der Waals surface area contributed by atoms with Crippen LogP contribution in [0.4, 0.5) is 4.39 Å². The number of halogens is 2. The summed E-state index contributed by atoms with van der Waals surface area (Å²) in [5, 5.41) is 0.456. The maximum atomic E-state index is 13.4. The standard InChI is InChI=1S/C11H14ClF/c1-7(2)8(3)10-5-4-9(12)6-11(10)13/h4-8H,1-3H3/t8-/m0/s1. The van der Waals surface area contributed by atoms with Crippen molar-refractivity contribution in [2.75, 3.05) is 0 Å². The van der Waals surface area contributed by atoms with Gasteiger partial charge in [-0.2, -0.15) is 0 Å². The summed E-state index contributed by atoms with van der Waals surface area (Å²) in [5.74, 6) is 0.474. The molecule has 0 nitrogen and oxygen atoms in total. The first kappa shape index (κ1) is 10.5. The predicted molar refractivity (Wildman–Crippen MR) is 54.7 cm³/mol. The third-order valence-corrected chi connectivity index (χ3v) is 2.69. The van der Waals surface area contributed by atoms with E-state index in [1.165, 1.54) is 6.07 Å². The van der Waals surface area contributed by atoms with E-state index in [0.717, 1.165) is 5.56 Å². The minimum atomic E-state index is -0.200. The van der Waals surface area contributed by atoms with Gasteiger partial charge in [-0.3, -0.25) is 0 Å². The van der Waals surface area contributed by atoms with Gasteiger partial charge in [0.25, 0.3) is 0 Å². The van der Waals surface area contributed by atoms with Crippen LogP contribution in [0.2, 0.25) is 5.02 Å². The average molecular weight is 201 g/mol. The van der Waals surface area contributed by atoms with Crippen molar-refractivity contribution in [1.29, 1.82) is 0 Å². The largest absolute Gasteiger partial charge is 0.207 e. The lowest BCUT2D eigenvalue weighted by Crippen LogP contribution is -2.04. The molecule has 0 spiro atoms. The highest BCUT2D eigenvalue weighted by Gasteiger charge is 2.14. The molecule has 0 saturated heterocycles. The second kappa shape index (κ2) is 4.10. The molecule has 0 aliphatic rings. The van der Waals surface area contributed by atoms with Gasteiger partial charge in [-0.05, 0) is 29.5 Å². The van der Waals surface area contributed by atoms with Crippen LogP contribution in [0.1, 0.15) is 32.3 Å². The summed E-state index contributed by atoms with van der Waals surface area (Å²) in [6.07, 6.45) is 0. The first-order chi connectivity index (χ1) is 6.02. The van der Waals surface area contributed by atoms with Crippen molar-refractivity contribution in [3.8, 4) is 0 Å². The molecule has 0 aromatic heterocycles. The highest BCUT2D eigenvalue weighted by molar-refractivity contribution is 6.30. The fraction of sp³-hybridized carbons (Fsp3) is 0.455. The minimum absolute atomic E-state index is 0.200. The van der Waals surface area contributed by atoms with Crippen LogP contribution in [0.3, 0.4) is 0 Å². The molecule has 0 heterocycles. The van der Waals surface area contributed by atoms with Gasteiger partial charge >= 0.3 is 0 Å². The predicted octanol–water partition coefficient (Wildman–Crippen LogP) is 4.24. The third kappa shape index (κ3) is 2.44. The maximum absolute atomic E-state index is 13.4. The van der Waals surface area contributed by atoms with Gasteiger partial charge in [-0.25, -0.2) is 4.39 Å². The summed E-state index contributed by atoms with van der Waals surface area (Å²) in [6.45, 7) is 6.19. The Hall–Kier alpha value is -0.560. The lowest BCUT2D eigenvalue weighted by Gasteiger charge is -2.16. The zero-order chi connectivity index (χ0) is 10.0. The van der Waals surface area contributed by atoms with E-state index in [4.69, 9.17) is 11.6 Å². The topological polar surface area (TPSA) is 0 Å². The highest BCUT2D eigenvalue weighted by Crippen LogP contribution is 2.27. The van der Waals surface area contributed by atoms with E-state index in [-0.39, 0.29) is 11.7 Å². The molecule has 0 saturated carbocycles. The Labute approximate surface area is 83.7 Å². The Morgan fingerprint density at radius 1 is 1.23 bits per heavy atom. The van der Waals surface area contributed by atoms with Gasteiger partial charge in [0.15, 0.2) is 0 Å². The van der Waals surface area contributed by atoms with Crippen LogP contribution in [-0.2, 0) is 0 Å². The molecule has 1 aromatic carbocycles. The molecule has 1 rings (SSSR count). The number of benzene rings is 1. The van der Waals surface area contributed by atoms with Crippen LogP contribution in [0.5, 0.6) is 0 Å². The van der Waals surface area contributed by atoms with Gasteiger partial charge in [-0.15, -0.1) is 0 Å². The molecule has 2 heteroatoms.